The van der Waals surface area contributed by atoms with Gasteiger partial charge in [-0.05, 0) is 35.7 Å². The number of nitrogens with two attached hydrogens (primary N) is 2. The van der Waals surface area contributed by atoms with Gasteiger partial charge in [-0.1, -0.05) is 37.3 Å². The smallest absolute Gasteiger partial charge is 0.268 e. The van der Waals surface area contributed by atoms with Crippen LogP contribution in [-0.2, 0) is 20.2 Å². The fourth-order valence-electron chi connectivity index (χ4n) is 2.94. The summed E-state index contributed by atoms with van der Waals surface area (Å²) < 4.78 is 72.5. The van der Waals surface area contributed by atoms with E-state index in [2.05, 4.69) is 0 Å². The maximum atomic E-state index is 13.2. The molecule has 9 nitrogen and oxygen atoms in total. The van der Waals surface area contributed by atoms with Crippen molar-refractivity contribution in [3.8, 4) is 6.07 Å². The van der Waals surface area contributed by atoms with Gasteiger partial charge in [0.15, 0.2) is 0 Å². The highest BCUT2D eigenvalue weighted by atomic mass is 32.2. The first-order valence-electron chi connectivity index (χ1n) is 8.92. The molecule has 0 saturated carbocycles. The Kier molecular flexibility index (Phi) is 9.25. The van der Waals surface area contributed by atoms with Crippen molar-refractivity contribution in [3.05, 3.63) is 71.0 Å². The average Bonchev–Trinajstić information content (AvgIpc) is 2.61. The molecule has 0 aromatic heterocycles. The predicted molar refractivity (Wildman–Crippen MR) is 114 cm³/mol. The molecule has 6 N–H and O–H groups in total. The largest absolute Gasteiger partial charge is 0.312 e. The number of benzene rings is 2. The molecule has 2 aromatic rings. The Hall–Kier alpha value is -2.40. The Morgan fingerprint density at radius 2 is 1.58 bits per heavy atom. The molecule has 0 aliphatic rings. The van der Waals surface area contributed by atoms with E-state index < -0.39 is 43.4 Å². The molecule has 2 rings (SSSR count). The Morgan fingerprint density at radius 1 is 1.03 bits per heavy atom. The predicted octanol–water partition coefficient (Wildman–Crippen LogP) is 1.61. The van der Waals surface area contributed by atoms with Gasteiger partial charge in [-0.15, -0.1) is 0 Å². The molecule has 0 fully saturated rings. The van der Waals surface area contributed by atoms with Crippen molar-refractivity contribution in [2.24, 2.45) is 11.5 Å². The van der Waals surface area contributed by atoms with Crippen molar-refractivity contribution >= 4 is 20.2 Å². The third-order valence-electron chi connectivity index (χ3n) is 4.03. The monoisotopic (exact) mass is 473 g/mol. The zero-order valence-corrected chi connectivity index (χ0v) is 18.3. The van der Waals surface area contributed by atoms with Crippen molar-refractivity contribution in [2.75, 3.05) is 11.5 Å². The molecule has 0 heterocycles. The summed E-state index contributed by atoms with van der Waals surface area (Å²) in [6.07, 6.45) is 0.471. The molecule has 0 radical (unpaired) electrons. The minimum Gasteiger partial charge on any atom is -0.312 e. The van der Waals surface area contributed by atoms with E-state index in [9.17, 15) is 26.5 Å². The SMILES string of the molecule is CCCS(=O)(=O)O.N#Cc1ccccc1C(c1ccc(F)cc1)C(N)(N)CS(=O)(=O)O. The Balaban J connectivity index is 0.000000592. The topological polar surface area (TPSA) is 185 Å². The van der Waals surface area contributed by atoms with Crippen molar-refractivity contribution < 1.29 is 30.3 Å². The third kappa shape index (κ3) is 9.09. The molecule has 0 saturated heterocycles. The van der Waals surface area contributed by atoms with Gasteiger partial charge in [-0.3, -0.25) is 9.11 Å². The van der Waals surface area contributed by atoms with E-state index in [1.54, 1.807) is 25.1 Å². The van der Waals surface area contributed by atoms with Crippen LogP contribution < -0.4 is 11.5 Å². The number of hydrogen-bond donors (Lipinski definition) is 4. The van der Waals surface area contributed by atoms with Crippen LogP contribution in [0.5, 0.6) is 0 Å². The lowest BCUT2D eigenvalue weighted by Gasteiger charge is -2.34. The minimum atomic E-state index is -4.48. The van der Waals surface area contributed by atoms with E-state index >= 15 is 0 Å². The number of rotatable bonds is 7. The Labute approximate surface area is 181 Å². The van der Waals surface area contributed by atoms with E-state index in [0.29, 0.717) is 17.5 Å². The summed E-state index contributed by atoms with van der Waals surface area (Å²) in [5.74, 6) is -2.49. The van der Waals surface area contributed by atoms with Crippen LogP contribution in [0.2, 0.25) is 0 Å². The lowest BCUT2D eigenvalue weighted by atomic mass is 9.80. The number of hydrogen-bond acceptors (Lipinski definition) is 7. The summed E-state index contributed by atoms with van der Waals surface area (Å²) in [4.78, 5) is 0. The van der Waals surface area contributed by atoms with Gasteiger partial charge in [0, 0.05) is 5.92 Å². The van der Waals surface area contributed by atoms with Crippen molar-refractivity contribution in [2.45, 2.75) is 24.9 Å². The second kappa shape index (κ2) is 10.8. The van der Waals surface area contributed by atoms with Crippen LogP contribution in [0.15, 0.2) is 48.5 Å². The van der Waals surface area contributed by atoms with E-state index in [-0.39, 0.29) is 11.3 Å². The Bertz CT molecular complexity index is 1130. The van der Waals surface area contributed by atoms with Crippen LogP contribution in [0.25, 0.3) is 0 Å². The summed E-state index contributed by atoms with van der Waals surface area (Å²) in [5, 5.41) is 9.30. The van der Waals surface area contributed by atoms with Crippen molar-refractivity contribution in [3.63, 3.8) is 0 Å². The zero-order valence-electron chi connectivity index (χ0n) is 16.6. The fraction of sp³-hybridized carbons (Fsp3) is 0.316. The molecule has 0 spiro atoms. The summed E-state index contributed by atoms with van der Waals surface area (Å²) in [6, 6.07) is 13.6. The molecule has 1 atom stereocenters. The summed E-state index contributed by atoms with van der Waals surface area (Å²) in [6.45, 7) is 1.69. The number of nitriles is 1. The van der Waals surface area contributed by atoms with Crippen LogP contribution in [0.4, 0.5) is 4.39 Å². The van der Waals surface area contributed by atoms with Crippen LogP contribution >= 0.6 is 0 Å². The molecular formula is C19H24FN3O6S2. The van der Waals surface area contributed by atoms with Crippen molar-refractivity contribution in [1.82, 2.24) is 0 Å². The molecule has 0 aliphatic heterocycles. The standard InChI is InChI=1S/C16H16FN3O3S.C3H8O3S/c17-13-7-5-11(6-8-13)15(16(19,20)10-24(21,22)23)14-4-2-1-3-12(14)9-18;1-2-3-7(4,5)6/h1-8,15H,10,19-20H2,(H,21,22,23);2-3H2,1H3,(H,4,5,6). The maximum absolute atomic E-state index is 13.2. The van der Waals surface area contributed by atoms with Gasteiger partial charge in [0.1, 0.15) is 11.6 Å². The third-order valence-corrected chi connectivity index (χ3v) is 5.82. The molecule has 12 heteroatoms. The first kappa shape index (κ1) is 26.6. The Morgan fingerprint density at radius 3 is 2.00 bits per heavy atom. The lowest BCUT2D eigenvalue weighted by Crippen LogP contribution is -2.59. The normalized spacial score (nSPS) is 12.9. The molecular weight excluding hydrogens is 449 g/mol. The van der Waals surface area contributed by atoms with E-state index in [4.69, 9.17) is 20.6 Å². The van der Waals surface area contributed by atoms with Gasteiger partial charge in [-0.2, -0.15) is 22.1 Å². The quantitative estimate of drug-likeness (QED) is 0.342. The molecule has 0 aliphatic carbocycles. The molecule has 31 heavy (non-hydrogen) atoms. The van der Waals surface area contributed by atoms with Crippen LogP contribution in [-0.4, -0.2) is 43.1 Å². The van der Waals surface area contributed by atoms with E-state index in [0.717, 1.165) is 0 Å². The zero-order chi connectivity index (χ0) is 23.9. The highest BCUT2D eigenvalue weighted by molar-refractivity contribution is 7.86. The average molecular weight is 474 g/mol. The summed E-state index contributed by atoms with van der Waals surface area (Å²) >= 11 is 0. The summed E-state index contributed by atoms with van der Waals surface area (Å²) in [7, 11) is -8.15. The lowest BCUT2D eigenvalue weighted by molar-refractivity contribution is 0.404. The molecule has 0 bridgehead atoms. The summed E-state index contributed by atoms with van der Waals surface area (Å²) in [5.41, 5.74) is 11.2. The van der Waals surface area contributed by atoms with Crippen LogP contribution in [0.3, 0.4) is 0 Å². The van der Waals surface area contributed by atoms with E-state index in [1.165, 1.54) is 30.3 Å². The first-order chi connectivity index (χ1) is 14.2. The van der Waals surface area contributed by atoms with Crippen molar-refractivity contribution in [1.29, 1.82) is 5.26 Å². The van der Waals surface area contributed by atoms with Gasteiger partial charge < -0.3 is 11.5 Å². The highest BCUT2D eigenvalue weighted by Crippen LogP contribution is 2.33. The molecule has 2 aromatic carbocycles. The molecule has 1 unspecified atom stereocenters. The van der Waals surface area contributed by atoms with Gasteiger partial charge >= 0.3 is 0 Å². The molecule has 0 amide bonds. The van der Waals surface area contributed by atoms with Gasteiger partial charge in [0.2, 0.25) is 0 Å². The molecule has 170 valence electrons. The van der Waals surface area contributed by atoms with Gasteiger partial charge in [0.25, 0.3) is 20.2 Å². The van der Waals surface area contributed by atoms with E-state index in [1.807, 2.05) is 6.07 Å². The second-order valence-electron chi connectivity index (χ2n) is 6.81. The van der Waals surface area contributed by atoms with Gasteiger partial charge in [0.05, 0.1) is 23.0 Å². The minimum absolute atomic E-state index is 0.132. The van der Waals surface area contributed by atoms with Gasteiger partial charge in [-0.25, -0.2) is 4.39 Å². The van der Waals surface area contributed by atoms with Crippen LogP contribution in [0.1, 0.15) is 36.0 Å². The first-order valence-corrected chi connectivity index (χ1v) is 12.1. The fourth-order valence-corrected chi connectivity index (χ4v) is 4.26. The maximum Gasteiger partial charge on any atom is 0.268 e. The van der Waals surface area contributed by atoms with Crippen LogP contribution in [0, 0.1) is 17.1 Å². The number of nitrogens with zero attached hydrogens (tertiary/aromatic N) is 1. The second-order valence-corrected chi connectivity index (χ2v) is 9.83. The highest BCUT2D eigenvalue weighted by Gasteiger charge is 2.38. The number of halogens is 1.